The smallest absolute Gasteiger partial charge is 0.251 e. The Morgan fingerprint density at radius 3 is 2.63 bits per heavy atom. The topological polar surface area (TPSA) is 102 Å². The zero-order valence-electron chi connectivity index (χ0n) is 15.3. The number of hydrogen-bond acceptors (Lipinski definition) is 5. The van der Waals surface area contributed by atoms with Crippen LogP contribution in [0.2, 0.25) is 0 Å². The van der Waals surface area contributed by atoms with E-state index < -0.39 is 10.0 Å². The minimum atomic E-state index is -3.61. The second-order valence-corrected chi connectivity index (χ2v) is 8.84. The standard InChI is InChI=1S/C18H27N3O4S.ClH/c19-13-15-4-1-2-7-17(15)20-18(22)14-5-3-6-16(12-14)26(23,24)21-8-10-25-11-9-21;/h3,5-6,12,15,17H,1-2,4,7-11,13,19H2,(H,20,22);1H. The molecule has 3 rings (SSSR count). The fraction of sp³-hybridized carbons (Fsp3) is 0.611. The number of amides is 1. The number of morpholine rings is 1. The maximum atomic E-state index is 12.8. The van der Waals surface area contributed by atoms with E-state index in [0.717, 1.165) is 25.7 Å². The summed E-state index contributed by atoms with van der Waals surface area (Å²) in [6.07, 6.45) is 4.15. The molecular formula is C18H28ClN3O4S. The molecule has 0 aromatic heterocycles. The summed E-state index contributed by atoms with van der Waals surface area (Å²) in [7, 11) is -3.61. The number of carbonyl (C=O) groups is 1. The van der Waals surface area contributed by atoms with E-state index in [1.807, 2.05) is 0 Å². The van der Waals surface area contributed by atoms with Crippen molar-refractivity contribution in [2.45, 2.75) is 36.6 Å². The van der Waals surface area contributed by atoms with Crippen molar-refractivity contribution in [1.82, 2.24) is 9.62 Å². The van der Waals surface area contributed by atoms with E-state index >= 15 is 0 Å². The van der Waals surface area contributed by atoms with Crippen LogP contribution in [0.15, 0.2) is 29.2 Å². The van der Waals surface area contributed by atoms with Gasteiger partial charge in [-0.25, -0.2) is 8.42 Å². The average molecular weight is 418 g/mol. The Kier molecular flexibility index (Phi) is 8.05. The van der Waals surface area contributed by atoms with Crippen LogP contribution in [0.1, 0.15) is 36.0 Å². The molecule has 7 nitrogen and oxygen atoms in total. The van der Waals surface area contributed by atoms with Crippen LogP contribution in [0, 0.1) is 5.92 Å². The van der Waals surface area contributed by atoms with Gasteiger partial charge >= 0.3 is 0 Å². The molecule has 1 saturated carbocycles. The lowest BCUT2D eigenvalue weighted by atomic mass is 9.84. The maximum Gasteiger partial charge on any atom is 0.251 e. The molecule has 2 aliphatic rings. The Hall–Kier alpha value is -1.19. The van der Waals surface area contributed by atoms with Crippen LogP contribution in [-0.2, 0) is 14.8 Å². The molecule has 9 heteroatoms. The van der Waals surface area contributed by atoms with E-state index in [0.29, 0.717) is 38.4 Å². The first-order chi connectivity index (χ1) is 12.5. The lowest BCUT2D eigenvalue weighted by molar-refractivity contribution is 0.0730. The van der Waals surface area contributed by atoms with Crippen molar-refractivity contribution < 1.29 is 17.9 Å². The Morgan fingerprint density at radius 2 is 1.93 bits per heavy atom. The molecule has 1 aromatic rings. The lowest BCUT2D eigenvalue weighted by Gasteiger charge is -2.31. The van der Waals surface area contributed by atoms with Gasteiger partial charge in [-0.05, 0) is 43.5 Å². The van der Waals surface area contributed by atoms with Crippen molar-refractivity contribution in [2.75, 3.05) is 32.8 Å². The highest BCUT2D eigenvalue weighted by molar-refractivity contribution is 7.89. The van der Waals surface area contributed by atoms with Crippen LogP contribution < -0.4 is 11.1 Å². The number of rotatable bonds is 5. The highest BCUT2D eigenvalue weighted by Gasteiger charge is 2.28. The number of nitrogens with one attached hydrogen (secondary N) is 1. The van der Waals surface area contributed by atoms with Crippen molar-refractivity contribution in [1.29, 1.82) is 0 Å². The Balaban J connectivity index is 0.00000261. The van der Waals surface area contributed by atoms with Crippen LogP contribution >= 0.6 is 12.4 Å². The number of carbonyl (C=O) groups excluding carboxylic acids is 1. The molecule has 1 aliphatic heterocycles. The van der Waals surface area contributed by atoms with E-state index in [9.17, 15) is 13.2 Å². The van der Waals surface area contributed by atoms with E-state index in [1.54, 1.807) is 12.1 Å². The van der Waals surface area contributed by atoms with Gasteiger partial charge in [-0.3, -0.25) is 4.79 Å². The third-order valence-corrected chi connectivity index (χ3v) is 7.13. The molecule has 0 radical (unpaired) electrons. The number of sulfonamides is 1. The van der Waals surface area contributed by atoms with Crippen LogP contribution in [0.25, 0.3) is 0 Å². The summed E-state index contributed by atoms with van der Waals surface area (Å²) in [5, 5.41) is 3.05. The van der Waals surface area contributed by atoms with Gasteiger partial charge in [-0.1, -0.05) is 18.9 Å². The SMILES string of the molecule is Cl.NCC1CCCCC1NC(=O)c1cccc(S(=O)(=O)N2CCOCC2)c1. The van der Waals surface area contributed by atoms with Gasteiger partial charge in [-0.15, -0.1) is 12.4 Å². The summed E-state index contributed by atoms with van der Waals surface area (Å²) in [6, 6.07) is 6.31. The third kappa shape index (κ3) is 5.20. The van der Waals surface area contributed by atoms with Crippen LogP contribution in [0.4, 0.5) is 0 Å². The first kappa shape index (κ1) is 22.1. The molecule has 1 aliphatic carbocycles. The van der Waals surface area contributed by atoms with Gasteiger partial charge in [0.05, 0.1) is 18.1 Å². The number of ether oxygens (including phenoxy) is 1. The minimum absolute atomic E-state index is 0. The molecule has 1 heterocycles. The predicted octanol–water partition coefficient (Wildman–Crippen LogP) is 1.38. The van der Waals surface area contributed by atoms with E-state index in [-0.39, 0.29) is 35.2 Å². The van der Waals surface area contributed by atoms with Crippen LogP contribution in [0.5, 0.6) is 0 Å². The number of nitrogens with two attached hydrogens (primary N) is 1. The van der Waals surface area contributed by atoms with Gasteiger partial charge in [0.25, 0.3) is 5.91 Å². The largest absolute Gasteiger partial charge is 0.379 e. The Bertz CT molecular complexity index is 738. The number of nitrogens with zero attached hydrogens (tertiary/aromatic N) is 1. The zero-order valence-corrected chi connectivity index (χ0v) is 16.9. The average Bonchev–Trinajstić information content (AvgIpc) is 2.69. The van der Waals surface area contributed by atoms with Gasteiger partial charge in [0.2, 0.25) is 10.0 Å². The van der Waals surface area contributed by atoms with E-state index in [4.69, 9.17) is 10.5 Å². The first-order valence-corrected chi connectivity index (χ1v) is 10.7. The molecule has 27 heavy (non-hydrogen) atoms. The lowest BCUT2D eigenvalue weighted by Crippen LogP contribution is -2.44. The minimum Gasteiger partial charge on any atom is -0.379 e. The molecule has 3 N–H and O–H groups in total. The molecular weight excluding hydrogens is 390 g/mol. The van der Waals surface area contributed by atoms with Crippen molar-refractivity contribution in [3.63, 3.8) is 0 Å². The number of halogens is 1. The Morgan fingerprint density at radius 1 is 1.22 bits per heavy atom. The van der Waals surface area contributed by atoms with Crippen molar-refractivity contribution in [3.8, 4) is 0 Å². The predicted molar refractivity (Wildman–Crippen MR) is 106 cm³/mol. The van der Waals surface area contributed by atoms with Gasteiger partial charge in [-0.2, -0.15) is 4.31 Å². The number of benzene rings is 1. The summed E-state index contributed by atoms with van der Waals surface area (Å²) < 4.78 is 32.2. The number of hydrogen-bond donors (Lipinski definition) is 2. The quantitative estimate of drug-likeness (QED) is 0.753. The molecule has 1 aromatic carbocycles. The monoisotopic (exact) mass is 417 g/mol. The van der Waals surface area contributed by atoms with Gasteiger partial charge in [0.1, 0.15) is 0 Å². The summed E-state index contributed by atoms with van der Waals surface area (Å²) in [5.41, 5.74) is 6.19. The van der Waals surface area contributed by atoms with Gasteiger partial charge in [0.15, 0.2) is 0 Å². The molecule has 2 atom stereocenters. The highest BCUT2D eigenvalue weighted by Crippen LogP contribution is 2.24. The Labute approximate surface area is 167 Å². The second-order valence-electron chi connectivity index (χ2n) is 6.90. The van der Waals surface area contributed by atoms with Gasteiger partial charge < -0.3 is 15.8 Å². The van der Waals surface area contributed by atoms with Crippen molar-refractivity contribution in [3.05, 3.63) is 29.8 Å². The highest BCUT2D eigenvalue weighted by atomic mass is 35.5. The molecule has 0 bridgehead atoms. The molecule has 0 spiro atoms. The molecule has 152 valence electrons. The molecule has 2 fully saturated rings. The van der Waals surface area contributed by atoms with Crippen LogP contribution in [-0.4, -0.2) is 57.5 Å². The van der Waals surface area contributed by atoms with Crippen LogP contribution in [0.3, 0.4) is 0 Å². The normalized spacial score (nSPS) is 24.0. The maximum absolute atomic E-state index is 12.8. The third-order valence-electron chi connectivity index (χ3n) is 5.23. The fourth-order valence-corrected chi connectivity index (χ4v) is 5.12. The summed E-state index contributed by atoms with van der Waals surface area (Å²) in [5.74, 6) is 0.0438. The first-order valence-electron chi connectivity index (χ1n) is 9.21. The van der Waals surface area contributed by atoms with Crippen molar-refractivity contribution >= 4 is 28.3 Å². The second kappa shape index (κ2) is 9.84. The zero-order chi connectivity index (χ0) is 18.6. The molecule has 2 unspecified atom stereocenters. The van der Waals surface area contributed by atoms with Gasteiger partial charge in [0, 0.05) is 24.7 Å². The van der Waals surface area contributed by atoms with Crippen molar-refractivity contribution in [2.24, 2.45) is 11.7 Å². The summed E-state index contributed by atoms with van der Waals surface area (Å²) in [6.45, 7) is 2.00. The molecule has 1 amide bonds. The van der Waals surface area contributed by atoms with E-state index in [1.165, 1.54) is 16.4 Å². The molecule has 1 saturated heterocycles. The summed E-state index contributed by atoms with van der Waals surface area (Å²) in [4.78, 5) is 12.8. The fourth-order valence-electron chi connectivity index (χ4n) is 3.67. The summed E-state index contributed by atoms with van der Waals surface area (Å²) >= 11 is 0. The van der Waals surface area contributed by atoms with E-state index in [2.05, 4.69) is 5.32 Å².